The topological polar surface area (TPSA) is 70.7 Å². The Morgan fingerprint density at radius 3 is 2.66 bits per heavy atom. The zero-order valence-corrected chi connectivity index (χ0v) is 16.7. The smallest absolute Gasteiger partial charge is 0.251 e. The van der Waals surface area contributed by atoms with E-state index in [1.54, 1.807) is 6.07 Å². The highest BCUT2D eigenvalue weighted by Crippen LogP contribution is 2.24. The van der Waals surface area contributed by atoms with Crippen molar-refractivity contribution in [3.63, 3.8) is 0 Å². The van der Waals surface area contributed by atoms with Crippen LogP contribution in [0, 0.1) is 6.92 Å². The van der Waals surface area contributed by atoms with E-state index in [-0.39, 0.29) is 17.9 Å². The molecule has 2 heterocycles. The predicted molar refractivity (Wildman–Crippen MR) is 112 cm³/mol. The van der Waals surface area contributed by atoms with Crippen LogP contribution >= 0.6 is 0 Å². The van der Waals surface area contributed by atoms with Crippen LogP contribution in [0.1, 0.15) is 39.5 Å². The van der Waals surface area contributed by atoms with Gasteiger partial charge in [-0.05, 0) is 42.7 Å². The number of ether oxygens (including phenoxy) is 1. The van der Waals surface area contributed by atoms with Crippen LogP contribution in [0.2, 0.25) is 0 Å². The largest absolute Gasteiger partial charge is 0.379 e. The molecule has 1 saturated heterocycles. The van der Waals surface area contributed by atoms with Crippen LogP contribution in [0.25, 0.3) is 0 Å². The number of amides is 2. The standard InChI is InChI=1S/C23H27N3O3/c1-16-2-4-17(5-3-16)21(15-26-10-12-29-13-11-26)25-23(28)19-6-8-20-18(14-19)7-9-22(27)24-20/h2-6,8,14,21H,7,9-13,15H2,1H3,(H,24,27)(H,25,28). The summed E-state index contributed by atoms with van der Waals surface area (Å²) < 4.78 is 5.45. The van der Waals surface area contributed by atoms with E-state index in [2.05, 4.69) is 46.7 Å². The van der Waals surface area contributed by atoms with Gasteiger partial charge in [0.05, 0.1) is 19.3 Å². The average molecular weight is 393 g/mol. The van der Waals surface area contributed by atoms with Crippen molar-refractivity contribution in [3.8, 4) is 0 Å². The Balaban J connectivity index is 1.52. The quantitative estimate of drug-likeness (QED) is 0.819. The van der Waals surface area contributed by atoms with E-state index >= 15 is 0 Å². The van der Waals surface area contributed by atoms with Gasteiger partial charge in [-0.25, -0.2) is 0 Å². The first-order valence-corrected chi connectivity index (χ1v) is 10.2. The normalized spacial score (nSPS) is 17.9. The first-order chi connectivity index (χ1) is 14.1. The van der Waals surface area contributed by atoms with Gasteiger partial charge in [-0.2, -0.15) is 0 Å². The molecule has 29 heavy (non-hydrogen) atoms. The third-order valence-electron chi connectivity index (χ3n) is 5.59. The number of fused-ring (bicyclic) bond motifs is 1. The third-order valence-corrected chi connectivity index (χ3v) is 5.59. The Kier molecular flexibility index (Phi) is 5.92. The molecule has 0 aromatic heterocycles. The molecule has 0 aliphatic carbocycles. The monoisotopic (exact) mass is 393 g/mol. The lowest BCUT2D eigenvalue weighted by molar-refractivity contribution is -0.116. The fraction of sp³-hybridized carbons (Fsp3) is 0.391. The average Bonchev–Trinajstić information content (AvgIpc) is 2.74. The van der Waals surface area contributed by atoms with Gasteiger partial charge in [0.1, 0.15) is 0 Å². The minimum Gasteiger partial charge on any atom is -0.379 e. The van der Waals surface area contributed by atoms with Crippen molar-refractivity contribution in [3.05, 3.63) is 64.7 Å². The summed E-state index contributed by atoms with van der Waals surface area (Å²) in [5.74, 6) is -0.0665. The van der Waals surface area contributed by atoms with Gasteiger partial charge in [0.25, 0.3) is 5.91 Å². The first kappa shape index (κ1) is 19.6. The fourth-order valence-corrected chi connectivity index (χ4v) is 3.84. The van der Waals surface area contributed by atoms with Crippen LogP contribution in [-0.2, 0) is 16.0 Å². The van der Waals surface area contributed by atoms with E-state index in [0.717, 1.165) is 49.7 Å². The Hall–Kier alpha value is -2.70. The zero-order chi connectivity index (χ0) is 20.2. The van der Waals surface area contributed by atoms with E-state index in [0.29, 0.717) is 18.4 Å². The van der Waals surface area contributed by atoms with Crippen molar-refractivity contribution < 1.29 is 14.3 Å². The van der Waals surface area contributed by atoms with Gasteiger partial charge in [0, 0.05) is 37.3 Å². The fourth-order valence-electron chi connectivity index (χ4n) is 3.84. The summed E-state index contributed by atoms with van der Waals surface area (Å²) in [5, 5.41) is 6.09. The summed E-state index contributed by atoms with van der Waals surface area (Å²) in [6.45, 7) is 6.01. The molecule has 2 amide bonds. The highest BCUT2D eigenvalue weighted by molar-refractivity contribution is 5.98. The van der Waals surface area contributed by atoms with Crippen molar-refractivity contribution in [2.75, 3.05) is 38.2 Å². The molecule has 0 saturated carbocycles. The van der Waals surface area contributed by atoms with Crippen molar-refractivity contribution in [2.24, 2.45) is 0 Å². The number of carbonyl (C=O) groups excluding carboxylic acids is 2. The van der Waals surface area contributed by atoms with Crippen LogP contribution in [0.4, 0.5) is 5.69 Å². The number of carbonyl (C=O) groups is 2. The number of hydrogen-bond donors (Lipinski definition) is 2. The van der Waals surface area contributed by atoms with Gasteiger partial charge in [-0.15, -0.1) is 0 Å². The number of anilines is 1. The second kappa shape index (κ2) is 8.76. The number of benzene rings is 2. The second-order valence-electron chi connectivity index (χ2n) is 7.77. The Morgan fingerprint density at radius 2 is 1.90 bits per heavy atom. The molecular formula is C23H27N3O3. The molecule has 0 bridgehead atoms. The van der Waals surface area contributed by atoms with Crippen LogP contribution in [0.15, 0.2) is 42.5 Å². The first-order valence-electron chi connectivity index (χ1n) is 10.2. The maximum Gasteiger partial charge on any atom is 0.251 e. The molecule has 6 nitrogen and oxygen atoms in total. The minimum absolute atomic E-state index is 0.0275. The Morgan fingerprint density at radius 1 is 1.14 bits per heavy atom. The highest BCUT2D eigenvalue weighted by atomic mass is 16.5. The van der Waals surface area contributed by atoms with Gasteiger partial charge in [0.2, 0.25) is 5.91 Å². The van der Waals surface area contributed by atoms with E-state index in [4.69, 9.17) is 4.74 Å². The number of nitrogens with one attached hydrogen (secondary N) is 2. The van der Waals surface area contributed by atoms with E-state index in [9.17, 15) is 9.59 Å². The number of rotatable bonds is 5. The molecule has 0 spiro atoms. The second-order valence-corrected chi connectivity index (χ2v) is 7.77. The molecule has 4 rings (SSSR count). The Bertz CT molecular complexity index is 889. The number of hydrogen-bond acceptors (Lipinski definition) is 4. The van der Waals surface area contributed by atoms with Gasteiger partial charge >= 0.3 is 0 Å². The third kappa shape index (κ3) is 4.83. The molecule has 152 valence electrons. The van der Waals surface area contributed by atoms with E-state index in [1.165, 1.54) is 5.56 Å². The molecule has 2 aliphatic rings. The Labute approximate surface area is 171 Å². The molecule has 2 aromatic rings. The lowest BCUT2D eigenvalue weighted by Crippen LogP contribution is -2.43. The maximum atomic E-state index is 13.0. The summed E-state index contributed by atoms with van der Waals surface area (Å²) in [4.78, 5) is 26.9. The molecule has 1 fully saturated rings. The van der Waals surface area contributed by atoms with Crippen LogP contribution < -0.4 is 10.6 Å². The zero-order valence-electron chi connectivity index (χ0n) is 16.7. The molecule has 2 aromatic carbocycles. The van der Waals surface area contributed by atoms with E-state index in [1.807, 2.05) is 12.1 Å². The summed E-state index contributed by atoms with van der Waals surface area (Å²) in [5.41, 5.74) is 4.74. The predicted octanol–water partition coefficient (Wildman–Crippen LogP) is 2.68. The number of nitrogens with zero attached hydrogens (tertiary/aromatic N) is 1. The number of aryl methyl sites for hydroxylation is 2. The molecule has 1 atom stereocenters. The van der Waals surface area contributed by atoms with Crippen LogP contribution in [0.5, 0.6) is 0 Å². The maximum absolute atomic E-state index is 13.0. The van der Waals surface area contributed by atoms with Gasteiger partial charge in [-0.3, -0.25) is 14.5 Å². The molecular weight excluding hydrogens is 366 g/mol. The van der Waals surface area contributed by atoms with Gasteiger partial charge in [-0.1, -0.05) is 29.8 Å². The molecule has 2 N–H and O–H groups in total. The molecule has 6 heteroatoms. The molecule has 0 radical (unpaired) electrons. The summed E-state index contributed by atoms with van der Waals surface area (Å²) in [6, 6.07) is 13.7. The molecule has 2 aliphatic heterocycles. The highest BCUT2D eigenvalue weighted by Gasteiger charge is 2.22. The lowest BCUT2D eigenvalue weighted by atomic mass is 9.99. The van der Waals surface area contributed by atoms with Crippen molar-refractivity contribution in [1.29, 1.82) is 0 Å². The summed E-state index contributed by atoms with van der Waals surface area (Å²) >= 11 is 0. The van der Waals surface area contributed by atoms with Crippen molar-refractivity contribution in [1.82, 2.24) is 10.2 Å². The van der Waals surface area contributed by atoms with Gasteiger partial charge < -0.3 is 15.4 Å². The van der Waals surface area contributed by atoms with Gasteiger partial charge in [0.15, 0.2) is 0 Å². The van der Waals surface area contributed by atoms with E-state index < -0.39 is 0 Å². The van der Waals surface area contributed by atoms with Crippen molar-refractivity contribution in [2.45, 2.75) is 25.8 Å². The van der Waals surface area contributed by atoms with Crippen molar-refractivity contribution >= 4 is 17.5 Å². The lowest BCUT2D eigenvalue weighted by Gasteiger charge is -2.31. The molecule has 1 unspecified atom stereocenters. The summed E-state index contributed by atoms with van der Waals surface area (Å²) in [7, 11) is 0. The van der Waals surface area contributed by atoms with Crippen LogP contribution in [-0.4, -0.2) is 49.6 Å². The van der Waals surface area contributed by atoms with Crippen LogP contribution in [0.3, 0.4) is 0 Å². The number of morpholine rings is 1. The SMILES string of the molecule is Cc1ccc(C(CN2CCOCC2)NC(=O)c2ccc3c(c2)CCC(=O)N3)cc1. The summed E-state index contributed by atoms with van der Waals surface area (Å²) in [6.07, 6.45) is 1.12. The minimum atomic E-state index is -0.100.